The van der Waals surface area contributed by atoms with Crippen LogP contribution in [0.2, 0.25) is 0 Å². The quantitative estimate of drug-likeness (QED) is 0.278. The van der Waals surface area contributed by atoms with Gasteiger partial charge in [-0.2, -0.15) is 0 Å². The molecule has 0 aromatic heterocycles. The predicted molar refractivity (Wildman–Crippen MR) is 61.3 cm³/mol. The first kappa shape index (κ1) is 15.3. The van der Waals surface area contributed by atoms with E-state index in [1.807, 2.05) is 0 Å². The van der Waals surface area contributed by atoms with Gasteiger partial charge in [-0.15, -0.1) is 0 Å². The minimum absolute atomic E-state index is 0.184. The molecule has 5 heteroatoms. The number of ketones is 1. The lowest BCUT2D eigenvalue weighted by Gasteiger charge is -2.04. The summed E-state index contributed by atoms with van der Waals surface area (Å²) in [7, 11) is 0. The van der Waals surface area contributed by atoms with Crippen molar-refractivity contribution in [3.63, 3.8) is 0 Å². The SMILES string of the molecule is CC=CC(=O)OCCCCOC(=O)CC(C)=O. The maximum absolute atomic E-state index is 10.9. The van der Waals surface area contributed by atoms with Gasteiger partial charge in [0.2, 0.25) is 0 Å². The van der Waals surface area contributed by atoms with Crippen LogP contribution < -0.4 is 0 Å². The summed E-state index contributed by atoms with van der Waals surface area (Å²) in [5, 5.41) is 0. The second kappa shape index (κ2) is 9.57. The lowest BCUT2D eigenvalue weighted by molar-refractivity contribution is -0.146. The lowest BCUT2D eigenvalue weighted by Crippen LogP contribution is -2.10. The molecule has 0 N–H and O–H groups in total. The monoisotopic (exact) mass is 242 g/mol. The molecule has 5 nitrogen and oxygen atoms in total. The Morgan fingerprint density at radius 3 is 2.18 bits per heavy atom. The standard InChI is InChI=1S/C12H18O5/c1-3-6-11(14)16-7-4-5-8-17-12(15)9-10(2)13/h3,6H,4-5,7-9H2,1-2H3. The van der Waals surface area contributed by atoms with Crippen molar-refractivity contribution in [1.29, 1.82) is 0 Å². The molecule has 0 atom stereocenters. The van der Waals surface area contributed by atoms with Crippen molar-refractivity contribution >= 4 is 17.7 Å². The van der Waals surface area contributed by atoms with Gasteiger partial charge < -0.3 is 9.47 Å². The van der Waals surface area contributed by atoms with E-state index in [1.165, 1.54) is 13.0 Å². The zero-order valence-electron chi connectivity index (χ0n) is 10.2. The van der Waals surface area contributed by atoms with Crippen LogP contribution in [0.3, 0.4) is 0 Å². The highest BCUT2D eigenvalue weighted by Crippen LogP contribution is 1.95. The van der Waals surface area contributed by atoms with Gasteiger partial charge >= 0.3 is 11.9 Å². The Morgan fingerprint density at radius 1 is 1.06 bits per heavy atom. The van der Waals surface area contributed by atoms with Gasteiger partial charge in [-0.1, -0.05) is 6.08 Å². The molecule has 0 aromatic rings. The van der Waals surface area contributed by atoms with Crippen LogP contribution in [-0.4, -0.2) is 30.9 Å². The summed E-state index contributed by atoms with van der Waals surface area (Å²) in [6, 6.07) is 0. The van der Waals surface area contributed by atoms with E-state index in [1.54, 1.807) is 13.0 Å². The number of carbonyl (C=O) groups excluding carboxylic acids is 3. The summed E-state index contributed by atoms with van der Waals surface area (Å²) >= 11 is 0. The van der Waals surface area contributed by atoms with Crippen LogP contribution >= 0.6 is 0 Å². The number of hydrogen-bond donors (Lipinski definition) is 0. The summed E-state index contributed by atoms with van der Waals surface area (Å²) in [5.41, 5.74) is 0. The fourth-order valence-corrected chi connectivity index (χ4v) is 1.00. The first-order valence-corrected chi connectivity index (χ1v) is 5.50. The third-order valence-corrected chi connectivity index (χ3v) is 1.74. The molecule has 0 fully saturated rings. The maximum Gasteiger partial charge on any atom is 0.330 e. The Balaban J connectivity index is 3.38. The van der Waals surface area contributed by atoms with Crippen LogP contribution in [0, 0.1) is 0 Å². The van der Waals surface area contributed by atoms with Gasteiger partial charge in [-0.3, -0.25) is 9.59 Å². The minimum Gasteiger partial charge on any atom is -0.465 e. The second-order valence-electron chi connectivity index (χ2n) is 3.47. The fraction of sp³-hybridized carbons (Fsp3) is 0.583. The number of unbranched alkanes of at least 4 members (excludes halogenated alkanes) is 1. The number of esters is 2. The van der Waals surface area contributed by atoms with Gasteiger partial charge in [0.1, 0.15) is 12.2 Å². The van der Waals surface area contributed by atoms with Crippen LogP contribution in [0.1, 0.15) is 33.1 Å². The van der Waals surface area contributed by atoms with E-state index < -0.39 is 5.97 Å². The molecule has 0 aliphatic carbocycles. The Morgan fingerprint density at radius 2 is 1.65 bits per heavy atom. The number of carbonyl (C=O) groups is 3. The van der Waals surface area contributed by atoms with Gasteiger partial charge in [0, 0.05) is 6.08 Å². The second-order valence-corrected chi connectivity index (χ2v) is 3.47. The molecule has 96 valence electrons. The molecular weight excluding hydrogens is 224 g/mol. The van der Waals surface area contributed by atoms with E-state index in [9.17, 15) is 14.4 Å². The van der Waals surface area contributed by atoms with Crippen molar-refractivity contribution in [3.8, 4) is 0 Å². The average molecular weight is 242 g/mol. The predicted octanol–water partition coefficient (Wildman–Crippen LogP) is 1.41. The molecule has 0 aromatic carbocycles. The van der Waals surface area contributed by atoms with Crippen LogP contribution in [0.5, 0.6) is 0 Å². The summed E-state index contributed by atoms with van der Waals surface area (Å²) in [6.07, 6.45) is 3.98. The molecule has 0 radical (unpaired) electrons. The highest BCUT2D eigenvalue weighted by Gasteiger charge is 2.05. The lowest BCUT2D eigenvalue weighted by atomic mass is 10.3. The van der Waals surface area contributed by atoms with Gasteiger partial charge in [0.15, 0.2) is 0 Å². The van der Waals surface area contributed by atoms with E-state index in [2.05, 4.69) is 0 Å². The van der Waals surface area contributed by atoms with Crippen LogP contribution in [-0.2, 0) is 23.9 Å². The van der Waals surface area contributed by atoms with Crippen LogP contribution in [0.15, 0.2) is 12.2 Å². The van der Waals surface area contributed by atoms with Gasteiger partial charge in [0.05, 0.1) is 13.2 Å². The van der Waals surface area contributed by atoms with Gasteiger partial charge in [-0.25, -0.2) is 4.79 Å². The normalized spacial score (nSPS) is 10.2. The molecule has 0 bridgehead atoms. The highest BCUT2D eigenvalue weighted by atomic mass is 16.5. The zero-order valence-corrected chi connectivity index (χ0v) is 10.2. The molecule has 0 unspecified atom stereocenters. The maximum atomic E-state index is 10.9. The topological polar surface area (TPSA) is 69.7 Å². The van der Waals surface area contributed by atoms with Crippen molar-refractivity contribution in [3.05, 3.63) is 12.2 Å². The van der Waals surface area contributed by atoms with E-state index in [0.29, 0.717) is 19.4 Å². The molecular formula is C12H18O5. The first-order chi connectivity index (χ1) is 8.06. The Labute approximate surface area is 101 Å². The third kappa shape index (κ3) is 10.6. The molecule has 0 saturated heterocycles. The molecule has 17 heavy (non-hydrogen) atoms. The average Bonchev–Trinajstić information content (AvgIpc) is 2.22. The number of Topliss-reactive ketones (excluding diaryl/α,β-unsaturated/α-hetero) is 1. The number of ether oxygens (including phenoxy) is 2. The zero-order chi connectivity index (χ0) is 13.1. The largest absolute Gasteiger partial charge is 0.465 e. The molecule has 0 rings (SSSR count). The van der Waals surface area contributed by atoms with Crippen molar-refractivity contribution in [2.75, 3.05) is 13.2 Å². The summed E-state index contributed by atoms with van der Waals surface area (Å²) < 4.78 is 9.63. The van der Waals surface area contributed by atoms with Crippen LogP contribution in [0.25, 0.3) is 0 Å². The number of allylic oxidation sites excluding steroid dienone is 1. The Bertz CT molecular complexity index is 293. The van der Waals surface area contributed by atoms with Crippen molar-refractivity contribution in [2.45, 2.75) is 33.1 Å². The Hall–Kier alpha value is -1.65. The Kier molecular flexibility index (Phi) is 8.64. The van der Waals surface area contributed by atoms with Gasteiger partial charge in [0.25, 0.3) is 0 Å². The summed E-state index contributed by atoms with van der Waals surface area (Å²) in [6.45, 7) is 3.61. The van der Waals surface area contributed by atoms with Crippen LogP contribution in [0.4, 0.5) is 0 Å². The van der Waals surface area contributed by atoms with E-state index in [-0.39, 0.29) is 24.8 Å². The molecule has 0 aliphatic heterocycles. The minimum atomic E-state index is -0.511. The van der Waals surface area contributed by atoms with Gasteiger partial charge in [-0.05, 0) is 26.7 Å². The molecule has 0 heterocycles. The third-order valence-electron chi connectivity index (χ3n) is 1.74. The summed E-state index contributed by atoms with van der Waals surface area (Å²) in [4.78, 5) is 32.4. The van der Waals surface area contributed by atoms with E-state index >= 15 is 0 Å². The smallest absolute Gasteiger partial charge is 0.330 e. The highest BCUT2D eigenvalue weighted by molar-refractivity contribution is 5.94. The number of rotatable bonds is 8. The van der Waals surface area contributed by atoms with Crippen molar-refractivity contribution in [2.24, 2.45) is 0 Å². The van der Waals surface area contributed by atoms with Crippen molar-refractivity contribution in [1.82, 2.24) is 0 Å². The molecule has 0 amide bonds. The van der Waals surface area contributed by atoms with E-state index in [4.69, 9.17) is 9.47 Å². The molecule has 0 spiro atoms. The van der Waals surface area contributed by atoms with Crippen molar-refractivity contribution < 1.29 is 23.9 Å². The first-order valence-electron chi connectivity index (χ1n) is 5.50. The molecule has 0 saturated carbocycles. The van der Waals surface area contributed by atoms with E-state index in [0.717, 1.165) is 0 Å². The fourth-order valence-electron chi connectivity index (χ4n) is 1.00. The number of hydrogen-bond acceptors (Lipinski definition) is 5. The molecule has 0 aliphatic rings. The summed E-state index contributed by atoms with van der Waals surface area (Å²) in [5.74, 6) is -1.10.